The van der Waals surface area contributed by atoms with Crippen LogP contribution in [0.25, 0.3) is 11.1 Å². The Morgan fingerprint density at radius 3 is 2.40 bits per heavy atom. The maximum absolute atomic E-state index is 13.9. The molecule has 11 nitrogen and oxygen atoms in total. The molecule has 4 aromatic carbocycles. The lowest BCUT2D eigenvalue weighted by Gasteiger charge is -2.36. The van der Waals surface area contributed by atoms with Crippen molar-refractivity contribution in [1.29, 1.82) is 0 Å². The first-order chi connectivity index (χ1) is 27.0. The number of aldehydes is 1. The highest BCUT2D eigenvalue weighted by Crippen LogP contribution is 2.35. The molecule has 2 amide bonds. The predicted octanol–water partition coefficient (Wildman–Crippen LogP) is 6.53. The van der Waals surface area contributed by atoms with Crippen molar-refractivity contribution in [2.24, 2.45) is 0 Å². The van der Waals surface area contributed by atoms with Crippen molar-refractivity contribution in [3.63, 3.8) is 0 Å². The Bertz CT molecular complexity index is 2050. The number of nitrogens with zero attached hydrogens (tertiary/aromatic N) is 4. The predicted molar refractivity (Wildman–Crippen MR) is 217 cm³/mol. The number of aryl methyl sites for hydroxylation is 1. The van der Waals surface area contributed by atoms with Gasteiger partial charge in [0.25, 0.3) is 11.8 Å². The van der Waals surface area contributed by atoms with Gasteiger partial charge in [-0.2, -0.15) is 0 Å². The molecule has 7 rings (SSSR count). The van der Waals surface area contributed by atoms with Gasteiger partial charge in [0, 0.05) is 79.9 Å². The number of rotatable bonds is 17. The molecule has 1 fully saturated rings. The van der Waals surface area contributed by atoms with E-state index in [2.05, 4.69) is 55.7 Å². The standard InChI is InChI=1S/C43H46N6O5S/c1-31-6-5-9-39(38(31)30-50)44-16-23-53-25-26-54-24-22-47-18-20-48(21-19-47)36-14-12-32(13-15-36)34-10-11-35-29-49(42(52)37(35)28-34)40(33-7-3-2-4-8-33)41(51)46-43-45-17-27-55-43/h2-15,17,27-28,30,40,44H,16,18-26,29H2,1H3,(H,45,46,51). The topological polar surface area (TPSA) is 116 Å². The first-order valence-corrected chi connectivity index (χ1v) is 19.6. The third kappa shape index (κ3) is 9.29. The van der Waals surface area contributed by atoms with Gasteiger partial charge in [0.1, 0.15) is 6.04 Å². The average Bonchev–Trinajstić information content (AvgIpc) is 3.85. The van der Waals surface area contributed by atoms with Gasteiger partial charge in [-0.05, 0) is 59.0 Å². The van der Waals surface area contributed by atoms with E-state index >= 15 is 0 Å². The van der Waals surface area contributed by atoms with Crippen LogP contribution in [0, 0.1) is 6.92 Å². The number of carbonyl (C=O) groups excluding carboxylic acids is 3. The van der Waals surface area contributed by atoms with Crippen LogP contribution in [0.15, 0.2) is 103 Å². The molecule has 2 aliphatic heterocycles. The second kappa shape index (κ2) is 18.3. The smallest absolute Gasteiger partial charge is 0.255 e. The summed E-state index contributed by atoms with van der Waals surface area (Å²) in [6.45, 7) is 9.86. The maximum atomic E-state index is 13.9. The maximum Gasteiger partial charge on any atom is 0.255 e. The minimum atomic E-state index is -0.788. The molecular formula is C43H46N6O5S. The third-order valence-corrected chi connectivity index (χ3v) is 10.8. The molecule has 1 unspecified atom stereocenters. The Balaban J connectivity index is 0.849. The quantitative estimate of drug-likeness (QED) is 0.0807. The van der Waals surface area contributed by atoms with Crippen molar-refractivity contribution in [2.75, 3.05) is 81.2 Å². The lowest BCUT2D eigenvalue weighted by atomic mass is 10.00. The highest BCUT2D eigenvalue weighted by Gasteiger charge is 2.38. The largest absolute Gasteiger partial charge is 0.382 e. The number of aromatic nitrogens is 1. The van der Waals surface area contributed by atoms with E-state index < -0.39 is 6.04 Å². The zero-order valence-corrected chi connectivity index (χ0v) is 31.8. The van der Waals surface area contributed by atoms with Crippen LogP contribution in [0.4, 0.5) is 16.5 Å². The summed E-state index contributed by atoms with van der Waals surface area (Å²) in [5.74, 6) is -0.448. The Kier molecular flexibility index (Phi) is 12.6. The molecule has 5 aromatic rings. The lowest BCUT2D eigenvalue weighted by molar-refractivity contribution is -0.120. The molecule has 2 N–H and O–H groups in total. The number of piperazine rings is 1. The molecule has 1 saturated heterocycles. The van der Waals surface area contributed by atoms with Crippen LogP contribution in [-0.4, -0.2) is 98.6 Å². The van der Waals surface area contributed by atoms with E-state index in [9.17, 15) is 14.4 Å². The first kappa shape index (κ1) is 37.9. The van der Waals surface area contributed by atoms with Gasteiger partial charge in [-0.3, -0.25) is 24.6 Å². The second-order valence-electron chi connectivity index (χ2n) is 13.6. The van der Waals surface area contributed by atoms with Crippen molar-refractivity contribution < 1.29 is 23.9 Å². The van der Waals surface area contributed by atoms with Crippen LogP contribution in [-0.2, 0) is 20.8 Å². The molecule has 0 spiro atoms. The summed E-state index contributed by atoms with van der Waals surface area (Å²) in [7, 11) is 0. The number of ether oxygens (including phenoxy) is 2. The van der Waals surface area contributed by atoms with Gasteiger partial charge in [-0.15, -0.1) is 11.3 Å². The molecule has 1 aromatic heterocycles. The third-order valence-electron chi connectivity index (χ3n) is 10.1. The number of anilines is 3. The summed E-state index contributed by atoms with van der Waals surface area (Å²) in [6.07, 6.45) is 2.53. The lowest BCUT2D eigenvalue weighted by Crippen LogP contribution is -2.47. The van der Waals surface area contributed by atoms with Crippen LogP contribution in [0.3, 0.4) is 0 Å². The fourth-order valence-electron chi connectivity index (χ4n) is 7.14. The molecule has 0 bridgehead atoms. The van der Waals surface area contributed by atoms with Gasteiger partial charge in [-0.1, -0.05) is 66.7 Å². The number of carbonyl (C=O) groups is 3. The van der Waals surface area contributed by atoms with Crippen LogP contribution in [0.1, 0.15) is 43.4 Å². The number of thiazole rings is 1. The molecule has 55 heavy (non-hydrogen) atoms. The van der Waals surface area contributed by atoms with Gasteiger partial charge < -0.3 is 24.6 Å². The van der Waals surface area contributed by atoms with Gasteiger partial charge in [0.2, 0.25) is 0 Å². The molecule has 12 heteroatoms. The second-order valence-corrected chi connectivity index (χ2v) is 14.5. The highest BCUT2D eigenvalue weighted by molar-refractivity contribution is 7.13. The molecular weight excluding hydrogens is 713 g/mol. The van der Waals surface area contributed by atoms with Crippen molar-refractivity contribution in [3.05, 3.63) is 130 Å². The SMILES string of the molecule is Cc1cccc(NCCOCCOCCN2CCN(c3ccc(-c4ccc5c(c4)C(=O)N(C(C(=O)Nc4nccs4)c4ccccc4)C5)cc3)CC2)c1C=O. The van der Waals surface area contributed by atoms with Crippen molar-refractivity contribution in [1.82, 2.24) is 14.8 Å². The number of nitrogens with one attached hydrogen (secondary N) is 2. The van der Waals surface area contributed by atoms with Gasteiger partial charge in [-0.25, -0.2) is 4.98 Å². The summed E-state index contributed by atoms with van der Waals surface area (Å²) in [5.41, 5.74) is 7.93. The van der Waals surface area contributed by atoms with Crippen LogP contribution >= 0.6 is 11.3 Å². The zero-order valence-electron chi connectivity index (χ0n) is 31.0. The normalized spacial score (nSPS) is 14.8. The van der Waals surface area contributed by atoms with Crippen molar-refractivity contribution in [2.45, 2.75) is 19.5 Å². The summed E-state index contributed by atoms with van der Waals surface area (Å²) < 4.78 is 11.5. The summed E-state index contributed by atoms with van der Waals surface area (Å²) in [5, 5.41) is 8.47. The van der Waals surface area contributed by atoms with Crippen LogP contribution < -0.4 is 15.5 Å². The number of fused-ring (bicyclic) bond motifs is 1. The van der Waals surface area contributed by atoms with E-state index in [4.69, 9.17) is 9.47 Å². The highest BCUT2D eigenvalue weighted by atomic mass is 32.1. The van der Waals surface area contributed by atoms with Gasteiger partial charge in [0.15, 0.2) is 11.4 Å². The van der Waals surface area contributed by atoms with E-state index in [0.29, 0.717) is 55.8 Å². The van der Waals surface area contributed by atoms with Gasteiger partial charge in [0.05, 0.1) is 26.4 Å². The van der Waals surface area contributed by atoms with E-state index in [-0.39, 0.29) is 11.8 Å². The van der Waals surface area contributed by atoms with Crippen LogP contribution in [0.2, 0.25) is 0 Å². The first-order valence-electron chi connectivity index (χ1n) is 18.7. The fraction of sp³-hybridized carbons (Fsp3) is 0.302. The molecule has 0 radical (unpaired) electrons. The zero-order chi connectivity index (χ0) is 38.0. The summed E-state index contributed by atoms with van der Waals surface area (Å²) in [4.78, 5) is 49.5. The summed E-state index contributed by atoms with van der Waals surface area (Å²) >= 11 is 1.34. The Hall–Kier alpha value is -5.40. The Labute approximate surface area is 325 Å². The average molecular weight is 759 g/mol. The minimum absolute atomic E-state index is 0.161. The molecule has 1 atom stereocenters. The van der Waals surface area contributed by atoms with Crippen molar-refractivity contribution >= 4 is 45.9 Å². The van der Waals surface area contributed by atoms with E-state index in [1.165, 1.54) is 17.0 Å². The Morgan fingerprint density at radius 1 is 0.891 bits per heavy atom. The molecule has 2 aliphatic rings. The molecule has 0 aliphatic carbocycles. The number of benzene rings is 4. The van der Waals surface area contributed by atoms with E-state index in [1.54, 1.807) is 16.5 Å². The van der Waals surface area contributed by atoms with Crippen LogP contribution in [0.5, 0.6) is 0 Å². The van der Waals surface area contributed by atoms with E-state index in [0.717, 1.165) is 72.5 Å². The number of hydrogen-bond donors (Lipinski definition) is 2. The summed E-state index contributed by atoms with van der Waals surface area (Å²) in [6, 6.07) is 29.0. The number of amides is 2. The molecule has 0 saturated carbocycles. The molecule has 3 heterocycles. The fourth-order valence-corrected chi connectivity index (χ4v) is 7.67. The monoisotopic (exact) mass is 758 g/mol. The van der Waals surface area contributed by atoms with Crippen molar-refractivity contribution in [3.8, 4) is 11.1 Å². The molecule has 284 valence electrons. The van der Waals surface area contributed by atoms with E-state index in [1.807, 2.05) is 67.6 Å². The number of hydrogen-bond acceptors (Lipinski definition) is 10. The minimum Gasteiger partial charge on any atom is -0.382 e. The van der Waals surface area contributed by atoms with Gasteiger partial charge >= 0.3 is 0 Å². The Morgan fingerprint density at radius 2 is 1.65 bits per heavy atom.